The largest absolute Gasteiger partial charge is 0.411 e. The third-order valence-electron chi connectivity index (χ3n) is 3.20. The van der Waals surface area contributed by atoms with Crippen molar-refractivity contribution in [2.45, 2.75) is 5.22 Å². The van der Waals surface area contributed by atoms with Gasteiger partial charge in [-0.25, -0.2) is 13.6 Å². The number of imide groups is 1. The fourth-order valence-corrected chi connectivity index (χ4v) is 2.55. The van der Waals surface area contributed by atoms with Gasteiger partial charge in [0.05, 0.1) is 11.4 Å². The topological polar surface area (TPSA) is 97.1 Å². The second kappa shape index (κ2) is 8.41. The maximum atomic E-state index is 13.4. The zero-order valence-corrected chi connectivity index (χ0v) is 14.4. The third-order valence-corrected chi connectivity index (χ3v) is 4.02. The van der Waals surface area contributed by atoms with Crippen molar-refractivity contribution in [3.63, 3.8) is 0 Å². The smallest absolute Gasteiger partial charge is 0.325 e. The van der Waals surface area contributed by atoms with Crippen molar-refractivity contribution in [2.75, 3.05) is 11.1 Å². The number of carbonyl (C=O) groups is 2. The van der Waals surface area contributed by atoms with Gasteiger partial charge >= 0.3 is 6.03 Å². The van der Waals surface area contributed by atoms with Crippen LogP contribution < -0.4 is 10.6 Å². The minimum Gasteiger partial charge on any atom is -0.411 e. The van der Waals surface area contributed by atoms with Gasteiger partial charge in [-0.3, -0.25) is 10.1 Å². The molecular formula is C17H12F2N4O3S. The van der Waals surface area contributed by atoms with E-state index in [1.54, 1.807) is 6.07 Å². The number of halogens is 2. The lowest BCUT2D eigenvalue weighted by molar-refractivity contribution is -0.117. The second-order valence-corrected chi connectivity index (χ2v) is 6.08. The molecule has 0 bridgehead atoms. The number of amides is 3. The molecule has 0 aliphatic rings. The molecule has 2 N–H and O–H groups in total. The highest BCUT2D eigenvalue weighted by Gasteiger charge is 2.14. The number of nitrogens with one attached hydrogen (secondary N) is 2. The maximum absolute atomic E-state index is 13.4. The van der Waals surface area contributed by atoms with Crippen molar-refractivity contribution >= 4 is 29.4 Å². The van der Waals surface area contributed by atoms with Gasteiger partial charge in [-0.05, 0) is 36.4 Å². The Bertz CT molecular complexity index is 963. The summed E-state index contributed by atoms with van der Waals surface area (Å²) in [6.07, 6.45) is 0. The zero-order chi connectivity index (χ0) is 19.2. The Balaban J connectivity index is 1.50. The summed E-state index contributed by atoms with van der Waals surface area (Å²) in [5, 5.41) is 12.0. The van der Waals surface area contributed by atoms with Crippen molar-refractivity contribution in [1.29, 1.82) is 0 Å². The monoisotopic (exact) mass is 390 g/mol. The van der Waals surface area contributed by atoms with Crippen molar-refractivity contribution in [3.05, 3.63) is 60.2 Å². The van der Waals surface area contributed by atoms with Crippen LogP contribution in [0.3, 0.4) is 0 Å². The van der Waals surface area contributed by atoms with E-state index in [0.29, 0.717) is 5.56 Å². The number of rotatable bonds is 5. The summed E-state index contributed by atoms with van der Waals surface area (Å²) in [6, 6.07) is 10.2. The fourth-order valence-electron chi connectivity index (χ4n) is 1.98. The minimum absolute atomic E-state index is 0.0451. The Labute approximate surface area is 156 Å². The third kappa shape index (κ3) is 5.11. The summed E-state index contributed by atoms with van der Waals surface area (Å²) >= 11 is 0.918. The van der Waals surface area contributed by atoms with Gasteiger partial charge in [0.1, 0.15) is 11.6 Å². The molecule has 7 nitrogen and oxygen atoms in total. The zero-order valence-electron chi connectivity index (χ0n) is 13.6. The molecule has 0 atom stereocenters. The number of para-hydroxylation sites is 1. The molecule has 0 saturated carbocycles. The van der Waals surface area contributed by atoms with E-state index in [9.17, 15) is 18.4 Å². The highest BCUT2D eigenvalue weighted by Crippen LogP contribution is 2.23. The van der Waals surface area contributed by atoms with Crippen molar-refractivity contribution in [3.8, 4) is 11.5 Å². The van der Waals surface area contributed by atoms with Crippen LogP contribution in [0.15, 0.2) is 58.2 Å². The molecule has 0 aliphatic heterocycles. The number of aromatic nitrogens is 2. The van der Waals surface area contributed by atoms with Crippen LogP contribution in [0.5, 0.6) is 0 Å². The number of carbonyl (C=O) groups excluding carboxylic acids is 2. The molecule has 0 spiro atoms. The molecule has 2 aromatic carbocycles. The van der Waals surface area contributed by atoms with E-state index in [1.165, 1.54) is 42.5 Å². The molecule has 1 heterocycles. The van der Waals surface area contributed by atoms with Crippen LogP contribution in [-0.2, 0) is 4.79 Å². The molecule has 138 valence electrons. The van der Waals surface area contributed by atoms with Crippen LogP contribution in [0.1, 0.15) is 0 Å². The predicted octanol–water partition coefficient (Wildman–Crippen LogP) is 3.46. The molecule has 3 amide bonds. The number of benzene rings is 2. The van der Waals surface area contributed by atoms with Crippen molar-refractivity contribution in [1.82, 2.24) is 15.5 Å². The van der Waals surface area contributed by atoms with E-state index in [-0.39, 0.29) is 22.6 Å². The maximum Gasteiger partial charge on any atom is 0.325 e. The average Bonchev–Trinajstić information content (AvgIpc) is 3.11. The Morgan fingerprint density at radius 3 is 2.52 bits per heavy atom. The Morgan fingerprint density at radius 1 is 1.04 bits per heavy atom. The number of urea groups is 1. The molecule has 0 saturated heterocycles. The van der Waals surface area contributed by atoms with Crippen LogP contribution in [0.4, 0.5) is 19.3 Å². The molecule has 0 fully saturated rings. The summed E-state index contributed by atoms with van der Waals surface area (Å²) in [6.45, 7) is 0. The summed E-state index contributed by atoms with van der Waals surface area (Å²) in [7, 11) is 0. The first-order valence-corrected chi connectivity index (χ1v) is 8.57. The first-order valence-electron chi connectivity index (χ1n) is 7.59. The predicted molar refractivity (Wildman–Crippen MR) is 94.0 cm³/mol. The lowest BCUT2D eigenvalue weighted by atomic mass is 10.2. The molecule has 0 unspecified atom stereocenters. The van der Waals surface area contributed by atoms with E-state index < -0.39 is 23.6 Å². The van der Waals surface area contributed by atoms with Gasteiger partial charge in [0.2, 0.25) is 11.8 Å². The van der Waals surface area contributed by atoms with Gasteiger partial charge in [-0.15, -0.1) is 10.2 Å². The van der Waals surface area contributed by atoms with E-state index in [2.05, 4.69) is 20.8 Å². The highest BCUT2D eigenvalue weighted by molar-refractivity contribution is 7.99. The van der Waals surface area contributed by atoms with Crippen LogP contribution in [0, 0.1) is 11.6 Å². The van der Waals surface area contributed by atoms with Crippen LogP contribution in [0.25, 0.3) is 11.5 Å². The molecule has 3 aromatic rings. The molecule has 10 heteroatoms. The standard InChI is InChI=1S/C17H12F2N4O3S/c18-11-7-5-10(6-8-11)15-22-23-17(26-15)27-9-14(24)21-16(25)20-13-4-2-1-3-12(13)19/h1-8H,9H2,(H2,20,21,24,25). The van der Waals surface area contributed by atoms with Gasteiger partial charge in [0.15, 0.2) is 0 Å². The van der Waals surface area contributed by atoms with Gasteiger partial charge < -0.3 is 9.73 Å². The SMILES string of the molecule is O=C(CSc1nnc(-c2ccc(F)cc2)o1)NC(=O)Nc1ccccc1F. The summed E-state index contributed by atoms with van der Waals surface area (Å²) < 4.78 is 31.7. The second-order valence-electron chi connectivity index (χ2n) is 5.15. The van der Waals surface area contributed by atoms with Crippen molar-refractivity contribution in [2.24, 2.45) is 0 Å². The van der Waals surface area contributed by atoms with Crippen molar-refractivity contribution < 1.29 is 22.8 Å². The molecule has 0 aliphatic carbocycles. The average molecular weight is 390 g/mol. The number of thioether (sulfide) groups is 1. The van der Waals surface area contributed by atoms with E-state index in [1.807, 2.05) is 0 Å². The Morgan fingerprint density at radius 2 is 1.78 bits per heavy atom. The fraction of sp³-hybridized carbons (Fsp3) is 0.0588. The van der Waals surface area contributed by atoms with E-state index in [4.69, 9.17) is 4.42 Å². The molecule has 27 heavy (non-hydrogen) atoms. The quantitative estimate of drug-likeness (QED) is 0.648. The molecular weight excluding hydrogens is 378 g/mol. The minimum atomic E-state index is -0.858. The Hall–Kier alpha value is -3.27. The summed E-state index contributed by atoms with van der Waals surface area (Å²) in [5.74, 6) is -1.63. The van der Waals surface area contributed by atoms with Crippen LogP contribution in [-0.4, -0.2) is 27.9 Å². The van der Waals surface area contributed by atoms with Crippen LogP contribution in [0.2, 0.25) is 0 Å². The van der Waals surface area contributed by atoms with Gasteiger partial charge in [0.25, 0.3) is 5.22 Å². The normalized spacial score (nSPS) is 10.4. The summed E-state index contributed by atoms with van der Waals surface area (Å²) in [5.41, 5.74) is 0.487. The summed E-state index contributed by atoms with van der Waals surface area (Å²) in [4.78, 5) is 23.5. The molecule has 0 radical (unpaired) electrons. The lowest BCUT2D eigenvalue weighted by Gasteiger charge is -2.06. The van der Waals surface area contributed by atoms with Crippen LogP contribution >= 0.6 is 11.8 Å². The van der Waals surface area contributed by atoms with E-state index in [0.717, 1.165) is 11.8 Å². The number of hydrogen-bond acceptors (Lipinski definition) is 6. The number of hydrogen-bond donors (Lipinski definition) is 2. The molecule has 1 aromatic heterocycles. The lowest BCUT2D eigenvalue weighted by Crippen LogP contribution is -2.35. The highest BCUT2D eigenvalue weighted by atomic mass is 32.2. The number of nitrogens with zero attached hydrogens (tertiary/aromatic N) is 2. The van der Waals surface area contributed by atoms with Gasteiger partial charge in [-0.2, -0.15) is 0 Å². The number of anilines is 1. The van der Waals surface area contributed by atoms with Gasteiger partial charge in [-0.1, -0.05) is 23.9 Å². The van der Waals surface area contributed by atoms with E-state index >= 15 is 0 Å². The van der Waals surface area contributed by atoms with Gasteiger partial charge in [0, 0.05) is 5.56 Å². The first kappa shape index (κ1) is 18.5. The Kier molecular flexibility index (Phi) is 5.77. The first-order chi connectivity index (χ1) is 13.0. The molecule has 3 rings (SSSR count).